The fourth-order valence-electron chi connectivity index (χ4n) is 3.02. The number of hydrogen-bond donors (Lipinski definition) is 2. The Balaban J connectivity index is 0.00000155. The first-order valence-corrected chi connectivity index (χ1v) is 10.8. The van der Waals surface area contributed by atoms with E-state index in [1.807, 2.05) is 19.9 Å². The normalized spacial score (nSPS) is 15.6. The van der Waals surface area contributed by atoms with Gasteiger partial charge in [-0.25, -0.2) is 0 Å². The van der Waals surface area contributed by atoms with Gasteiger partial charge in [0, 0.05) is 47.6 Å². The number of pyridine rings is 1. The monoisotopic (exact) mass is 453 g/mol. The number of nitrogens with one attached hydrogen (secondary N) is 2. The maximum Gasteiger partial charge on any atom is 0.162 e. The molecular weight excluding hydrogens is 425 g/mol. The lowest BCUT2D eigenvalue weighted by Crippen LogP contribution is -2.28. The van der Waals surface area contributed by atoms with Crippen LogP contribution in [-0.4, -0.2) is 30.6 Å². The lowest BCUT2D eigenvalue weighted by molar-refractivity contribution is 0.0343. The van der Waals surface area contributed by atoms with Crippen molar-refractivity contribution < 1.29 is 14.2 Å². The van der Waals surface area contributed by atoms with Crippen molar-refractivity contribution in [1.82, 2.24) is 4.98 Å². The van der Waals surface area contributed by atoms with E-state index in [4.69, 9.17) is 42.8 Å². The predicted octanol–water partition coefficient (Wildman–Crippen LogP) is 6.33. The average molecular weight is 454 g/mol. The average Bonchev–Trinajstić information content (AvgIpc) is 2.75. The maximum atomic E-state index is 8.15. The molecule has 1 fully saturated rings. The molecule has 2 heterocycles. The minimum Gasteiger partial charge on any atom is -0.493 e. The summed E-state index contributed by atoms with van der Waals surface area (Å²) in [6.45, 7) is 6.63. The molecule has 1 saturated heterocycles. The fraction of sp³-hybridized carbons (Fsp3) is 0.455. The van der Waals surface area contributed by atoms with Gasteiger partial charge in [-0.1, -0.05) is 37.0 Å². The van der Waals surface area contributed by atoms with E-state index in [-0.39, 0.29) is 12.8 Å². The van der Waals surface area contributed by atoms with E-state index in [9.17, 15) is 0 Å². The lowest BCUT2D eigenvalue weighted by atomic mass is 10.1. The molecule has 164 valence electrons. The zero-order chi connectivity index (χ0) is 22.1. The van der Waals surface area contributed by atoms with Gasteiger partial charge >= 0.3 is 0 Å². The van der Waals surface area contributed by atoms with Crippen LogP contribution < -0.4 is 14.8 Å². The number of methoxy groups -OCH3 is 1. The van der Waals surface area contributed by atoms with Crippen molar-refractivity contribution in [3.8, 4) is 11.5 Å². The number of aromatic nitrogens is 1. The van der Waals surface area contributed by atoms with Gasteiger partial charge in [-0.3, -0.25) is 4.98 Å². The highest BCUT2D eigenvalue weighted by Gasteiger charge is 2.19. The molecule has 1 aliphatic rings. The van der Waals surface area contributed by atoms with Crippen LogP contribution in [0, 0.1) is 5.41 Å². The zero-order valence-electron chi connectivity index (χ0n) is 17.9. The van der Waals surface area contributed by atoms with Crippen LogP contribution >= 0.6 is 23.2 Å². The van der Waals surface area contributed by atoms with Crippen molar-refractivity contribution in [2.45, 2.75) is 52.9 Å². The minimum absolute atomic E-state index is 0.0715. The molecule has 8 heteroatoms. The number of rotatable bonds is 7. The first kappa shape index (κ1) is 24.3. The Bertz CT molecular complexity index is 836. The van der Waals surface area contributed by atoms with Crippen molar-refractivity contribution in [2.24, 2.45) is 0 Å². The molecule has 1 unspecified atom stereocenters. The Morgan fingerprint density at radius 3 is 2.47 bits per heavy atom. The van der Waals surface area contributed by atoms with E-state index in [0.717, 1.165) is 37.1 Å². The second-order valence-corrected chi connectivity index (χ2v) is 7.36. The zero-order valence-corrected chi connectivity index (χ0v) is 19.4. The molecule has 0 radical (unpaired) electrons. The Labute approximate surface area is 188 Å². The van der Waals surface area contributed by atoms with Crippen LogP contribution in [0.1, 0.15) is 51.2 Å². The summed E-state index contributed by atoms with van der Waals surface area (Å²) in [5.41, 5.74) is 2.55. The summed E-state index contributed by atoms with van der Waals surface area (Å²) < 4.78 is 17.2. The van der Waals surface area contributed by atoms with Gasteiger partial charge in [0.2, 0.25) is 0 Å². The first-order valence-electron chi connectivity index (χ1n) is 10.1. The number of hydrogen-bond acceptors (Lipinski definition) is 6. The third kappa shape index (κ3) is 6.24. The van der Waals surface area contributed by atoms with Gasteiger partial charge in [-0.05, 0) is 32.3 Å². The van der Waals surface area contributed by atoms with Gasteiger partial charge in [0.05, 0.1) is 17.2 Å². The lowest BCUT2D eigenvalue weighted by Gasteiger charge is -2.26. The third-order valence-electron chi connectivity index (χ3n) is 4.53. The summed E-state index contributed by atoms with van der Waals surface area (Å²) in [5.74, 6) is 1.05. The summed E-state index contributed by atoms with van der Waals surface area (Å²) in [6.07, 6.45) is 6.09. The maximum absolute atomic E-state index is 8.15. The molecular formula is C22H29Cl2N3O3. The number of halogens is 2. The van der Waals surface area contributed by atoms with Crippen LogP contribution in [-0.2, 0) is 11.3 Å². The second-order valence-electron chi connectivity index (χ2n) is 6.54. The van der Waals surface area contributed by atoms with Crippen molar-refractivity contribution in [1.29, 1.82) is 5.41 Å². The van der Waals surface area contributed by atoms with Crippen molar-refractivity contribution in [3.05, 3.63) is 45.7 Å². The molecule has 0 amide bonds. The van der Waals surface area contributed by atoms with E-state index < -0.39 is 0 Å². The van der Waals surface area contributed by atoms with Gasteiger partial charge in [-0.15, -0.1) is 0 Å². The van der Waals surface area contributed by atoms with Crippen LogP contribution in [0.25, 0.3) is 0 Å². The third-order valence-corrected chi connectivity index (χ3v) is 5.18. The molecule has 0 aliphatic carbocycles. The summed E-state index contributed by atoms with van der Waals surface area (Å²) in [5, 5.41) is 12.4. The standard InChI is InChI=1S/C20H23Cl2N3O3.C2H6/c1-12(23)13-7-19(28-11-14-15(21)9-24-10-16(14)22)18(26-2)8-17(13)25-20-5-3-4-6-27-20;1-2/h7-10,20,23,25H,3-6,11H2,1-2H3;1-2H3. The topological polar surface area (TPSA) is 76.5 Å². The quantitative estimate of drug-likeness (QED) is 0.478. The summed E-state index contributed by atoms with van der Waals surface area (Å²) in [6, 6.07) is 3.62. The number of anilines is 1. The predicted molar refractivity (Wildman–Crippen MR) is 123 cm³/mol. The van der Waals surface area contributed by atoms with Crippen LogP contribution in [0.15, 0.2) is 24.5 Å². The Hall–Kier alpha value is -2.02. The molecule has 0 spiro atoms. The van der Waals surface area contributed by atoms with E-state index in [1.165, 1.54) is 12.4 Å². The first-order chi connectivity index (χ1) is 14.5. The highest BCUT2D eigenvalue weighted by molar-refractivity contribution is 6.35. The van der Waals surface area contributed by atoms with Gasteiger partial charge in [-0.2, -0.15) is 0 Å². The van der Waals surface area contributed by atoms with Gasteiger partial charge in [0.15, 0.2) is 11.5 Å². The van der Waals surface area contributed by atoms with Crippen molar-refractivity contribution >= 4 is 34.6 Å². The number of nitrogens with zero attached hydrogens (tertiary/aromatic N) is 1. The highest BCUT2D eigenvalue weighted by atomic mass is 35.5. The number of benzene rings is 1. The number of ether oxygens (including phenoxy) is 3. The molecule has 0 saturated carbocycles. The van der Waals surface area contributed by atoms with Crippen LogP contribution in [0.4, 0.5) is 5.69 Å². The van der Waals surface area contributed by atoms with Crippen LogP contribution in [0.2, 0.25) is 10.0 Å². The molecule has 1 atom stereocenters. The van der Waals surface area contributed by atoms with E-state index in [2.05, 4.69) is 10.3 Å². The molecule has 1 aromatic heterocycles. The molecule has 30 heavy (non-hydrogen) atoms. The minimum atomic E-state index is -0.0715. The summed E-state index contributed by atoms with van der Waals surface area (Å²) in [7, 11) is 1.58. The summed E-state index contributed by atoms with van der Waals surface area (Å²) >= 11 is 12.3. The van der Waals surface area contributed by atoms with Crippen molar-refractivity contribution in [2.75, 3.05) is 19.0 Å². The van der Waals surface area contributed by atoms with Gasteiger partial charge in [0.25, 0.3) is 0 Å². The van der Waals surface area contributed by atoms with Crippen LogP contribution in [0.5, 0.6) is 11.5 Å². The largest absolute Gasteiger partial charge is 0.493 e. The van der Waals surface area contributed by atoms with E-state index >= 15 is 0 Å². The Morgan fingerprint density at radius 2 is 1.90 bits per heavy atom. The van der Waals surface area contributed by atoms with E-state index in [1.54, 1.807) is 20.1 Å². The molecule has 2 N–H and O–H groups in total. The van der Waals surface area contributed by atoms with Crippen molar-refractivity contribution in [3.63, 3.8) is 0 Å². The molecule has 1 aliphatic heterocycles. The van der Waals surface area contributed by atoms with Gasteiger partial charge < -0.3 is 24.9 Å². The Kier molecular flexibility index (Phi) is 9.69. The second kappa shape index (κ2) is 12.0. The highest BCUT2D eigenvalue weighted by Crippen LogP contribution is 2.36. The van der Waals surface area contributed by atoms with Gasteiger partial charge in [0.1, 0.15) is 12.8 Å². The molecule has 2 aromatic rings. The van der Waals surface area contributed by atoms with Crippen LogP contribution in [0.3, 0.4) is 0 Å². The van der Waals surface area contributed by atoms with E-state index in [0.29, 0.717) is 32.8 Å². The fourth-order valence-corrected chi connectivity index (χ4v) is 3.49. The SMILES string of the molecule is CC.COc1cc(NC2CCCCO2)c(C(C)=N)cc1OCc1c(Cl)cncc1Cl. The molecule has 6 nitrogen and oxygen atoms in total. The summed E-state index contributed by atoms with van der Waals surface area (Å²) in [4.78, 5) is 3.95. The Morgan fingerprint density at radius 1 is 1.20 bits per heavy atom. The molecule has 3 rings (SSSR count). The smallest absolute Gasteiger partial charge is 0.162 e. The molecule has 1 aromatic carbocycles. The molecule has 0 bridgehead atoms.